The lowest BCUT2D eigenvalue weighted by atomic mass is 9.87. The zero-order valence-electron chi connectivity index (χ0n) is 15.1. The van der Waals surface area contributed by atoms with Gasteiger partial charge in [0.2, 0.25) is 11.8 Å². The predicted molar refractivity (Wildman–Crippen MR) is 99.0 cm³/mol. The van der Waals surface area contributed by atoms with E-state index < -0.39 is 0 Å². The third kappa shape index (κ3) is 4.51. The summed E-state index contributed by atoms with van der Waals surface area (Å²) in [5, 5.41) is 14.7. The van der Waals surface area contributed by atoms with Crippen LogP contribution in [0.5, 0.6) is 0 Å². The van der Waals surface area contributed by atoms with E-state index in [2.05, 4.69) is 53.6 Å². The van der Waals surface area contributed by atoms with Gasteiger partial charge in [-0.2, -0.15) is 0 Å². The molecule has 2 heterocycles. The summed E-state index contributed by atoms with van der Waals surface area (Å²) in [7, 11) is 0. The number of carbonyl (C=O) groups excluding carboxylic acids is 1. The quantitative estimate of drug-likeness (QED) is 0.675. The first-order chi connectivity index (χ1) is 12.3. The fourth-order valence-corrected chi connectivity index (χ4v) is 2.79. The second kappa shape index (κ2) is 7.33. The van der Waals surface area contributed by atoms with Crippen molar-refractivity contribution in [2.24, 2.45) is 0 Å². The average molecular weight is 372 g/mol. The largest absolute Gasteiger partial charge is 0.411 e. The van der Waals surface area contributed by atoms with Crippen LogP contribution in [0.25, 0.3) is 11.5 Å². The monoisotopic (exact) mass is 372 g/mol. The third-order valence-electron chi connectivity index (χ3n) is 3.63. The predicted octanol–water partition coefficient (Wildman–Crippen LogP) is 4.06. The molecule has 0 aliphatic rings. The first-order valence-electron chi connectivity index (χ1n) is 8.11. The molecule has 0 aliphatic heterocycles. The molecule has 136 valence electrons. The normalized spacial score (nSPS) is 11.5. The molecule has 0 saturated carbocycles. The molecule has 0 atom stereocenters. The van der Waals surface area contributed by atoms with Gasteiger partial charge in [0.25, 0.3) is 5.22 Å². The minimum absolute atomic E-state index is 0.0874. The standard InChI is InChI=1S/C18H20N4O3S/c1-11-9-14(22-25-11)19-15(23)10-26-17-21-20-16(24-17)12-5-7-13(8-6-12)18(2,3)4/h5-9H,10H2,1-4H3,(H,19,22,23). The number of nitrogens with one attached hydrogen (secondary N) is 1. The molecule has 3 aromatic rings. The maximum atomic E-state index is 11.9. The lowest BCUT2D eigenvalue weighted by molar-refractivity contribution is -0.113. The number of aromatic nitrogens is 3. The van der Waals surface area contributed by atoms with Crippen molar-refractivity contribution in [2.45, 2.75) is 38.3 Å². The lowest BCUT2D eigenvalue weighted by Gasteiger charge is -2.18. The Balaban J connectivity index is 1.58. The smallest absolute Gasteiger partial charge is 0.277 e. The summed E-state index contributed by atoms with van der Waals surface area (Å²) >= 11 is 1.17. The molecule has 7 nitrogen and oxygen atoms in total. The number of aryl methyl sites for hydroxylation is 1. The maximum Gasteiger partial charge on any atom is 0.277 e. The first kappa shape index (κ1) is 18.2. The molecule has 1 N–H and O–H groups in total. The summed E-state index contributed by atoms with van der Waals surface area (Å²) in [6, 6.07) is 9.68. The number of thioether (sulfide) groups is 1. The van der Waals surface area contributed by atoms with Crippen molar-refractivity contribution in [3.8, 4) is 11.5 Å². The van der Waals surface area contributed by atoms with E-state index in [0.717, 1.165) is 5.56 Å². The van der Waals surface area contributed by atoms with E-state index in [1.165, 1.54) is 17.3 Å². The Hall–Kier alpha value is -2.61. The van der Waals surface area contributed by atoms with Crippen molar-refractivity contribution >= 4 is 23.5 Å². The Morgan fingerprint density at radius 3 is 2.54 bits per heavy atom. The van der Waals surface area contributed by atoms with E-state index in [1.54, 1.807) is 13.0 Å². The fourth-order valence-electron chi connectivity index (χ4n) is 2.23. The molecule has 1 amide bonds. The summed E-state index contributed by atoms with van der Waals surface area (Å²) in [6.07, 6.45) is 0. The number of hydrogen-bond acceptors (Lipinski definition) is 7. The molecule has 0 saturated heterocycles. The molecule has 0 bridgehead atoms. The molecule has 0 radical (unpaired) electrons. The van der Waals surface area contributed by atoms with Crippen LogP contribution in [-0.4, -0.2) is 27.0 Å². The molecular weight excluding hydrogens is 352 g/mol. The number of nitrogens with zero attached hydrogens (tertiary/aromatic N) is 3. The summed E-state index contributed by atoms with van der Waals surface area (Å²) in [5.74, 6) is 1.36. The summed E-state index contributed by atoms with van der Waals surface area (Å²) in [6.45, 7) is 8.24. The van der Waals surface area contributed by atoms with Crippen LogP contribution in [-0.2, 0) is 10.2 Å². The van der Waals surface area contributed by atoms with E-state index in [-0.39, 0.29) is 17.1 Å². The number of amides is 1. The third-order valence-corrected chi connectivity index (χ3v) is 4.44. The molecule has 0 unspecified atom stereocenters. The minimum atomic E-state index is -0.224. The van der Waals surface area contributed by atoms with Crippen molar-refractivity contribution < 1.29 is 13.7 Å². The number of carbonyl (C=O) groups is 1. The van der Waals surface area contributed by atoms with Gasteiger partial charge in [-0.25, -0.2) is 0 Å². The van der Waals surface area contributed by atoms with Crippen LogP contribution in [0.15, 0.2) is 44.5 Å². The van der Waals surface area contributed by atoms with Crippen LogP contribution in [0.3, 0.4) is 0 Å². The Morgan fingerprint density at radius 2 is 1.92 bits per heavy atom. The minimum Gasteiger partial charge on any atom is -0.411 e. The van der Waals surface area contributed by atoms with Gasteiger partial charge in [-0.3, -0.25) is 4.79 Å². The van der Waals surface area contributed by atoms with Gasteiger partial charge in [-0.1, -0.05) is 49.8 Å². The number of hydrogen-bond donors (Lipinski definition) is 1. The Kier molecular flexibility index (Phi) is 5.13. The van der Waals surface area contributed by atoms with Gasteiger partial charge in [0.05, 0.1) is 5.75 Å². The molecule has 26 heavy (non-hydrogen) atoms. The van der Waals surface area contributed by atoms with E-state index in [4.69, 9.17) is 8.94 Å². The van der Waals surface area contributed by atoms with Crippen LogP contribution < -0.4 is 5.32 Å². The molecule has 0 aliphatic carbocycles. The summed E-state index contributed by atoms with van der Waals surface area (Å²) in [4.78, 5) is 11.9. The van der Waals surface area contributed by atoms with Crippen molar-refractivity contribution in [1.82, 2.24) is 15.4 Å². The Bertz CT molecular complexity index is 894. The SMILES string of the molecule is Cc1cc(NC(=O)CSc2nnc(-c3ccc(C(C)(C)C)cc3)o2)no1. The zero-order valence-corrected chi connectivity index (χ0v) is 15.9. The highest BCUT2D eigenvalue weighted by Gasteiger charge is 2.15. The second-order valence-electron chi connectivity index (χ2n) is 6.86. The van der Waals surface area contributed by atoms with Gasteiger partial charge >= 0.3 is 0 Å². The van der Waals surface area contributed by atoms with Gasteiger partial charge < -0.3 is 14.3 Å². The van der Waals surface area contributed by atoms with Gasteiger partial charge in [0.1, 0.15) is 5.76 Å². The van der Waals surface area contributed by atoms with Crippen molar-refractivity contribution in [3.05, 3.63) is 41.7 Å². The molecule has 1 aromatic carbocycles. The van der Waals surface area contributed by atoms with Crippen LogP contribution in [0, 0.1) is 6.92 Å². The molecular formula is C18H20N4O3S. The summed E-state index contributed by atoms with van der Waals surface area (Å²) < 4.78 is 10.5. The number of anilines is 1. The van der Waals surface area contributed by atoms with Crippen molar-refractivity contribution in [3.63, 3.8) is 0 Å². The van der Waals surface area contributed by atoms with Gasteiger partial charge in [0.15, 0.2) is 5.82 Å². The van der Waals surface area contributed by atoms with E-state index in [1.807, 2.05) is 12.1 Å². The van der Waals surface area contributed by atoms with Crippen LogP contribution >= 0.6 is 11.8 Å². The van der Waals surface area contributed by atoms with Gasteiger partial charge in [-0.15, -0.1) is 10.2 Å². The molecule has 0 fully saturated rings. The van der Waals surface area contributed by atoms with Crippen LogP contribution in [0.2, 0.25) is 0 Å². The molecule has 8 heteroatoms. The Labute approximate surface area is 155 Å². The highest BCUT2D eigenvalue weighted by Crippen LogP contribution is 2.27. The van der Waals surface area contributed by atoms with Gasteiger partial charge in [0, 0.05) is 11.6 Å². The number of benzene rings is 1. The van der Waals surface area contributed by atoms with E-state index >= 15 is 0 Å². The fraction of sp³-hybridized carbons (Fsp3) is 0.333. The van der Waals surface area contributed by atoms with Gasteiger partial charge in [-0.05, 0) is 30.0 Å². The van der Waals surface area contributed by atoms with Crippen molar-refractivity contribution in [1.29, 1.82) is 0 Å². The van der Waals surface area contributed by atoms with Crippen LogP contribution in [0.4, 0.5) is 5.82 Å². The Morgan fingerprint density at radius 1 is 1.19 bits per heavy atom. The van der Waals surface area contributed by atoms with Crippen molar-refractivity contribution in [2.75, 3.05) is 11.1 Å². The highest BCUT2D eigenvalue weighted by molar-refractivity contribution is 7.99. The topological polar surface area (TPSA) is 94.1 Å². The first-order valence-corrected chi connectivity index (χ1v) is 9.10. The highest BCUT2D eigenvalue weighted by atomic mass is 32.2. The number of rotatable bonds is 5. The lowest BCUT2D eigenvalue weighted by Crippen LogP contribution is -2.14. The second-order valence-corrected chi connectivity index (χ2v) is 7.79. The van der Waals surface area contributed by atoms with E-state index in [0.29, 0.717) is 22.7 Å². The van der Waals surface area contributed by atoms with Crippen LogP contribution in [0.1, 0.15) is 32.1 Å². The van der Waals surface area contributed by atoms with E-state index in [9.17, 15) is 4.79 Å². The maximum absolute atomic E-state index is 11.9. The molecule has 0 spiro atoms. The average Bonchev–Trinajstić information content (AvgIpc) is 3.21. The zero-order chi connectivity index (χ0) is 18.7. The molecule has 3 rings (SSSR count). The summed E-state index contributed by atoms with van der Waals surface area (Å²) in [5.41, 5.74) is 2.17. The molecule has 2 aromatic heterocycles.